The van der Waals surface area contributed by atoms with Crippen LogP contribution in [0.5, 0.6) is 0 Å². The minimum absolute atomic E-state index is 0.317. The summed E-state index contributed by atoms with van der Waals surface area (Å²) in [5.41, 5.74) is 1.04. The number of hydrogen-bond acceptors (Lipinski definition) is 0. The Labute approximate surface area is 142 Å². The predicted octanol–water partition coefficient (Wildman–Crippen LogP) is 6.99. The summed E-state index contributed by atoms with van der Waals surface area (Å²) in [5, 5.41) is 0.332. The Balaban J connectivity index is 2.49. The maximum atomic E-state index is 14.0. The van der Waals surface area contributed by atoms with E-state index in [2.05, 4.69) is 31.9 Å². The molecule has 0 amide bonds. The van der Waals surface area contributed by atoms with Gasteiger partial charge in [-0.05, 0) is 45.8 Å². The Morgan fingerprint density at radius 1 is 0.947 bits per heavy atom. The summed E-state index contributed by atoms with van der Waals surface area (Å²) in [4.78, 5) is 0. The summed E-state index contributed by atoms with van der Waals surface area (Å²) in [6.07, 6.45) is 0. The standard InChI is InChI=1S/C13H6Br2Cl3F/c14-9-3-6(16)1-2-7(9)13(18)8-4-11(17)10(15)5-12(8)19/h1-5,13H. The molecule has 0 heterocycles. The van der Waals surface area contributed by atoms with Crippen LogP contribution in [-0.2, 0) is 0 Å². The molecule has 0 radical (unpaired) electrons. The minimum atomic E-state index is -0.655. The van der Waals surface area contributed by atoms with Crippen molar-refractivity contribution < 1.29 is 4.39 Å². The maximum absolute atomic E-state index is 14.0. The molecule has 0 fully saturated rings. The largest absolute Gasteiger partial charge is 0.207 e. The second-order valence-electron chi connectivity index (χ2n) is 3.82. The Hall–Kier alpha value is 0.200. The van der Waals surface area contributed by atoms with Crippen LogP contribution in [0.25, 0.3) is 0 Å². The Morgan fingerprint density at radius 3 is 2.26 bits per heavy atom. The van der Waals surface area contributed by atoms with Gasteiger partial charge in [0.05, 0.1) is 10.4 Å². The molecule has 1 unspecified atom stereocenters. The highest BCUT2D eigenvalue weighted by Gasteiger charge is 2.19. The van der Waals surface area contributed by atoms with Crippen molar-refractivity contribution in [3.05, 3.63) is 66.3 Å². The van der Waals surface area contributed by atoms with Crippen molar-refractivity contribution in [2.75, 3.05) is 0 Å². The molecule has 1 atom stereocenters. The van der Waals surface area contributed by atoms with Crippen LogP contribution < -0.4 is 0 Å². The van der Waals surface area contributed by atoms with Crippen LogP contribution in [0.4, 0.5) is 4.39 Å². The Bertz CT molecular complexity index is 632. The van der Waals surface area contributed by atoms with Crippen molar-refractivity contribution in [2.24, 2.45) is 0 Å². The molecule has 0 nitrogen and oxygen atoms in total. The van der Waals surface area contributed by atoms with Crippen molar-refractivity contribution in [3.8, 4) is 0 Å². The van der Waals surface area contributed by atoms with E-state index in [4.69, 9.17) is 34.8 Å². The van der Waals surface area contributed by atoms with E-state index in [-0.39, 0.29) is 0 Å². The van der Waals surface area contributed by atoms with E-state index in [1.54, 1.807) is 18.2 Å². The highest BCUT2D eigenvalue weighted by molar-refractivity contribution is 9.10. The van der Waals surface area contributed by atoms with Gasteiger partial charge < -0.3 is 0 Å². The van der Waals surface area contributed by atoms with Gasteiger partial charge in [0.2, 0.25) is 0 Å². The van der Waals surface area contributed by atoms with Gasteiger partial charge in [0.25, 0.3) is 0 Å². The van der Waals surface area contributed by atoms with Crippen molar-refractivity contribution in [2.45, 2.75) is 5.38 Å². The molecule has 2 rings (SSSR count). The number of rotatable bonds is 2. The zero-order valence-corrected chi connectivity index (χ0v) is 14.7. The number of halogens is 6. The average molecular weight is 447 g/mol. The highest BCUT2D eigenvalue weighted by atomic mass is 79.9. The lowest BCUT2D eigenvalue weighted by atomic mass is 10.0. The first-order valence-corrected chi connectivity index (χ1v) is 7.91. The predicted molar refractivity (Wildman–Crippen MR) is 86.0 cm³/mol. The fraction of sp³-hybridized carbons (Fsp3) is 0.0769. The molecule has 6 heteroatoms. The minimum Gasteiger partial charge on any atom is -0.207 e. The molecule has 0 aliphatic carbocycles. The molecule has 0 saturated carbocycles. The second-order valence-corrected chi connectivity index (χ2v) is 6.80. The summed E-state index contributed by atoms with van der Waals surface area (Å²) < 4.78 is 15.2. The SMILES string of the molecule is Fc1cc(Br)c(Cl)cc1C(Cl)c1ccc(Cl)cc1Br. The molecule has 19 heavy (non-hydrogen) atoms. The van der Waals surface area contributed by atoms with Crippen LogP contribution in [0.2, 0.25) is 10.0 Å². The maximum Gasteiger partial charge on any atom is 0.129 e. The molecule has 0 spiro atoms. The Kier molecular flexibility index (Phi) is 5.18. The van der Waals surface area contributed by atoms with E-state index in [0.29, 0.717) is 20.1 Å². The molecular formula is C13H6Br2Cl3F. The number of benzene rings is 2. The lowest BCUT2D eigenvalue weighted by Crippen LogP contribution is -1.98. The van der Waals surface area contributed by atoms with Crippen molar-refractivity contribution >= 4 is 66.7 Å². The second kappa shape index (κ2) is 6.31. The van der Waals surface area contributed by atoms with Gasteiger partial charge >= 0.3 is 0 Å². The van der Waals surface area contributed by atoms with E-state index in [0.717, 1.165) is 10.0 Å². The van der Waals surface area contributed by atoms with E-state index >= 15 is 0 Å². The van der Waals surface area contributed by atoms with E-state index < -0.39 is 11.2 Å². The van der Waals surface area contributed by atoms with Gasteiger partial charge in [-0.1, -0.05) is 45.2 Å². The van der Waals surface area contributed by atoms with Crippen molar-refractivity contribution in [3.63, 3.8) is 0 Å². The van der Waals surface area contributed by atoms with Crippen LogP contribution in [0.3, 0.4) is 0 Å². The van der Waals surface area contributed by atoms with Gasteiger partial charge in [-0.25, -0.2) is 4.39 Å². The van der Waals surface area contributed by atoms with Crippen LogP contribution in [0, 0.1) is 5.82 Å². The van der Waals surface area contributed by atoms with Crippen LogP contribution >= 0.6 is 66.7 Å². The molecular weight excluding hydrogens is 441 g/mol. The van der Waals surface area contributed by atoms with Gasteiger partial charge in [-0.15, -0.1) is 11.6 Å². The number of hydrogen-bond donors (Lipinski definition) is 0. The van der Waals surface area contributed by atoms with Crippen LogP contribution in [0.15, 0.2) is 39.3 Å². The van der Waals surface area contributed by atoms with Gasteiger partial charge in [-0.3, -0.25) is 0 Å². The molecule has 2 aromatic rings. The molecule has 0 bridgehead atoms. The quantitative estimate of drug-likeness (QED) is 0.344. The molecule has 0 aliphatic rings. The summed E-state index contributed by atoms with van der Waals surface area (Å²) in [7, 11) is 0. The van der Waals surface area contributed by atoms with E-state index in [1.807, 2.05) is 0 Å². The first kappa shape index (κ1) is 15.6. The molecule has 0 aliphatic heterocycles. The lowest BCUT2D eigenvalue weighted by molar-refractivity contribution is 0.611. The van der Waals surface area contributed by atoms with E-state index in [1.165, 1.54) is 12.1 Å². The summed E-state index contributed by atoms with van der Waals surface area (Å²) >= 11 is 24.7. The first-order valence-electron chi connectivity index (χ1n) is 5.13. The summed E-state index contributed by atoms with van der Waals surface area (Å²) in [6.45, 7) is 0. The molecule has 0 aromatic heterocycles. The summed E-state index contributed by atoms with van der Waals surface area (Å²) in [5.74, 6) is -0.418. The topological polar surface area (TPSA) is 0 Å². The third-order valence-corrected chi connectivity index (χ3v) is 5.14. The zero-order valence-electron chi connectivity index (χ0n) is 9.23. The van der Waals surface area contributed by atoms with Gasteiger partial charge in [-0.2, -0.15) is 0 Å². The molecule has 100 valence electrons. The Morgan fingerprint density at radius 2 is 1.63 bits per heavy atom. The van der Waals surface area contributed by atoms with Gasteiger partial charge in [0, 0.05) is 19.5 Å². The molecule has 0 saturated heterocycles. The average Bonchev–Trinajstić information content (AvgIpc) is 2.33. The lowest BCUT2D eigenvalue weighted by Gasteiger charge is -2.14. The highest BCUT2D eigenvalue weighted by Crippen LogP contribution is 2.38. The van der Waals surface area contributed by atoms with E-state index in [9.17, 15) is 4.39 Å². The molecule has 2 aromatic carbocycles. The van der Waals surface area contributed by atoms with Gasteiger partial charge in [0.15, 0.2) is 0 Å². The molecule has 0 N–H and O–H groups in total. The van der Waals surface area contributed by atoms with Gasteiger partial charge in [0.1, 0.15) is 5.82 Å². The fourth-order valence-electron chi connectivity index (χ4n) is 1.61. The van der Waals surface area contributed by atoms with Crippen LogP contribution in [0.1, 0.15) is 16.5 Å². The third kappa shape index (κ3) is 3.45. The monoisotopic (exact) mass is 444 g/mol. The normalized spacial score (nSPS) is 12.5. The summed E-state index contributed by atoms with van der Waals surface area (Å²) in [6, 6.07) is 7.98. The number of alkyl halides is 1. The zero-order chi connectivity index (χ0) is 14.2. The van der Waals surface area contributed by atoms with Crippen LogP contribution in [-0.4, -0.2) is 0 Å². The smallest absolute Gasteiger partial charge is 0.129 e. The van der Waals surface area contributed by atoms with Crippen molar-refractivity contribution in [1.82, 2.24) is 0 Å². The van der Waals surface area contributed by atoms with Crippen molar-refractivity contribution in [1.29, 1.82) is 0 Å². The fourth-order valence-corrected chi connectivity index (χ4v) is 3.50. The third-order valence-electron chi connectivity index (χ3n) is 2.55. The first-order chi connectivity index (χ1) is 8.90.